The third-order valence-corrected chi connectivity index (χ3v) is 4.17. The number of aliphatic hydroxyl groups excluding tert-OH is 1. The van der Waals surface area contributed by atoms with Crippen LogP contribution in [0.3, 0.4) is 0 Å². The predicted octanol–water partition coefficient (Wildman–Crippen LogP) is 4.56. The summed E-state index contributed by atoms with van der Waals surface area (Å²) in [6.07, 6.45) is -0.523. The average Bonchev–Trinajstić information content (AvgIpc) is 2.49. The summed E-state index contributed by atoms with van der Waals surface area (Å²) in [6.45, 7) is 0. The monoisotopic (exact) mass is 324 g/mol. The van der Waals surface area contributed by atoms with Gasteiger partial charge in [0.2, 0.25) is 0 Å². The number of benzene rings is 2. The number of ether oxygens (including phenoxy) is 2. The van der Waals surface area contributed by atoms with Gasteiger partial charge < -0.3 is 14.6 Å². The van der Waals surface area contributed by atoms with E-state index in [9.17, 15) is 5.11 Å². The van der Waals surface area contributed by atoms with Crippen LogP contribution in [0.15, 0.2) is 36.4 Å². The fraction of sp³-hybridized carbons (Fsp3) is 0.250. The maximum Gasteiger partial charge on any atom is 0.129 e. The van der Waals surface area contributed by atoms with Gasteiger partial charge in [0.05, 0.1) is 13.2 Å². The van der Waals surface area contributed by atoms with E-state index in [4.69, 9.17) is 32.7 Å². The molecule has 3 nitrogen and oxygen atoms in total. The highest BCUT2D eigenvalue weighted by atomic mass is 35.5. The van der Waals surface area contributed by atoms with Crippen LogP contribution in [0.2, 0.25) is 10.0 Å². The molecular weight excluding hydrogens is 311 g/mol. The van der Waals surface area contributed by atoms with E-state index in [1.807, 2.05) is 6.07 Å². The van der Waals surface area contributed by atoms with Gasteiger partial charge in [0.1, 0.15) is 17.6 Å². The lowest BCUT2D eigenvalue weighted by Gasteiger charge is -2.30. The molecule has 1 unspecified atom stereocenters. The van der Waals surface area contributed by atoms with Crippen molar-refractivity contribution in [1.82, 2.24) is 0 Å². The molecule has 2 aromatic carbocycles. The van der Waals surface area contributed by atoms with Gasteiger partial charge in [-0.2, -0.15) is 0 Å². The second-order valence-electron chi connectivity index (χ2n) is 4.93. The highest BCUT2D eigenvalue weighted by molar-refractivity contribution is 6.33. The minimum Gasteiger partial charge on any atom is -0.497 e. The van der Waals surface area contributed by atoms with Crippen LogP contribution in [0.5, 0.6) is 11.5 Å². The Kier molecular flexibility index (Phi) is 3.98. The number of fused-ring (bicyclic) bond motifs is 1. The van der Waals surface area contributed by atoms with E-state index in [1.165, 1.54) is 0 Å². The molecule has 2 aromatic rings. The third-order valence-electron chi connectivity index (χ3n) is 3.59. The molecule has 0 aliphatic carbocycles. The molecule has 1 heterocycles. The SMILES string of the molecule is COc1ccc2c(c1)OC(c1cc(Cl)ccc1Cl)C[C@H]2O. The summed E-state index contributed by atoms with van der Waals surface area (Å²) in [4.78, 5) is 0. The minimum absolute atomic E-state index is 0.342. The Morgan fingerprint density at radius 1 is 1.14 bits per heavy atom. The van der Waals surface area contributed by atoms with Gasteiger partial charge >= 0.3 is 0 Å². The second kappa shape index (κ2) is 5.76. The summed E-state index contributed by atoms with van der Waals surface area (Å²) in [7, 11) is 1.59. The van der Waals surface area contributed by atoms with Gasteiger partial charge in [-0.1, -0.05) is 23.2 Å². The lowest BCUT2D eigenvalue weighted by Crippen LogP contribution is -2.19. The van der Waals surface area contributed by atoms with Crippen molar-refractivity contribution >= 4 is 23.2 Å². The van der Waals surface area contributed by atoms with Crippen molar-refractivity contribution in [3.8, 4) is 11.5 Å². The lowest BCUT2D eigenvalue weighted by atomic mass is 9.95. The van der Waals surface area contributed by atoms with Crippen molar-refractivity contribution in [3.63, 3.8) is 0 Å². The Morgan fingerprint density at radius 3 is 2.71 bits per heavy atom. The number of rotatable bonds is 2. The van der Waals surface area contributed by atoms with Gasteiger partial charge in [-0.25, -0.2) is 0 Å². The van der Waals surface area contributed by atoms with Crippen LogP contribution in [0, 0.1) is 0 Å². The van der Waals surface area contributed by atoms with E-state index in [1.54, 1.807) is 37.4 Å². The standard InChI is InChI=1S/C16H14Cl2O3/c1-20-10-3-4-11-14(19)8-16(21-15(11)7-10)12-6-9(17)2-5-13(12)18/h2-7,14,16,19H,8H2,1H3/t14-,16?/m1/s1. The van der Waals surface area contributed by atoms with Gasteiger partial charge in [0.25, 0.3) is 0 Å². The zero-order valence-corrected chi connectivity index (χ0v) is 12.9. The van der Waals surface area contributed by atoms with Gasteiger partial charge in [0.15, 0.2) is 0 Å². The molecule has 0 aromatic heterocycles. The van der Waals surface area contributed by atoms with E-state index >= 15 is 0 Å². The third kappa shape index (κ3) is 2.82. The first-order chi connectivity index (χ1) is 10.1. The molecule has 21 heavy (non-hydrogen) atoms. The molecule has 0 saturated heterocycles. The zero-order chi connectivity index (χ0) is 15.0. The normalized spacial score (nSPS) is 20.6. The van der Waals surface area contributed by atoms with Crippen LogP contribution in [0.4, 0.5) is 0 Å². The van der Waals surface area contributed by atoms with Crippen LogP contribution in [0.1, 0.15) is 29.8 Å². The number of hydrogen-bond donors (Lipinski definition) is 1. The van der Waals surface area contributed by atoms with Crippen molar-refractivity contribution in [2.75, 3.05) is 7.11 Å². The van der Waals surface area contributed by atoms with Crippen LogP contribution < -0.4 is 9.47 Å². The van der Waals surface area contributed by atoms with E-state index in [2.05, 4.69) is 0 Å². The minimum atomic E-state index is -0.611. The molecule has 1 N–H and O–H groups in total. The molecule has 0 amide bonds. The number of hydrogen-bond acceptors (Lipinski definition) is 3. The van der Waals surface area contributed by atoms with Crippen molar-refractivity contribution in [2.45, 2.75) is 18.6 Å². The summed E-state index contributed by atoms with van der Waals surface area (Å²) < 4.78 is 11.2. The molecule has 0 fully saturated rings. The zero-order valence-electron chi connectivity index (χ0n) is 11.3. The quantitative estimate of drug-likeness (QED) is 0.880. The fourth-order valence-electron chi connectivity index (χ4n) is 2.50. The van der Waals surface area contributed by atoms with Crippen LogP contribution in [0.25, 0.3) is 0 Å². The maximum atomic E-state index is 10.3. The Balaban J connectivity index is 1.98. The molecular formula is C16H14Cl2O3. The maximum absolute atomic E-state index is 10.3. The molecule has 2 atom stereocenters. The summed E-state index contributed by atoms with van der Waals surface area (Å²) >= 11 is 12.2. The molecule has 0 bridgehead atoms. The second-order valence-corrected chi connectivity index (χ2v) is 5.77. The first-order valence-electron chi connectivity index (χ1n) is 6.56. The summed E-state index contributed by atoms with van der Waals surface area (Å²) in [5.41, 5.74) is 1.53. The van der Waals surface area contributed by atoms with Gasteiger partial charge in [0, 0.05) is 33.7 Å². The van der Waals surface area contributed by atoms with Crippen LogP contribution >= 0.6 is 23.2 Å². The highest BCUT2D eigenvalue weighted by Crippen LogP contribution is 2.44. The summed E-state index contributed by atoms with van der Waals surface area (Å²) in [5, 5.41) is 11.5. The van der Waals surface area contributed by atoms with Crippen LogP contribution in [-0.4, -0.2) is 12.2 Å². The van der Waals surface area contributed by atoms with E-state index in [0.717, 1.165) is 11.1 Å². The topological polar surface area (TPSA) is 38.7 Å². The summed E-state index contributed by atoms with van der Waals surface area (Å²) in [6, 6.07) is 10.6. The highest BCUT2D eigenvalue weighted by Gasteiger charge is 2.29. The van der Waals surface area contributed by atoms with E-state index in [0.29, 0.717) is 28.0 Å². The predicted molar refractivity (Wildman–Crippen MR) is 82.4 cm³/mol. The molecule has 0 radical (unpaired) electrons. The van der Waals surface area contributed by atoms with Crippen molar-refractivity contribution in [3.05, 3.63) is 57.6 Å². The number of methoxy groups -OCH3 is 1. The van der Waals surface area contributed by atoms with Gasteiger partial charge in [-0.15, -0.1) is 0 Å². The Morgan fingerprint density at radius 2 is 1.95 bits per heavy atom. The van der Waals surface area contributed by atoms with Crippen molar-refractivity contribution < 1.29 is 14.6 Å². The fourth-order valence-corrected chi connectivity index (χ4v) is 2.92. The molecule has 110 valence electrons. The van der Waals surface area contributed by atoms with Crippen LogP contribution in [-0.2, 0) is 0 Å². The summed E-state index contributed by atoms with van der Waals surface area (Å²) in [5.74, 6) is 1.29. The van der Waals surface area contributed by atoms with E-state index in [-0.39, 0.29) is 6.10 Å². The largest absolute Gasteiger partial charge is 0.497 e. The Bertz CT molecular complexity index is 673. The Hall–Kier alpha value is -1.42. The van der Waals surface area contributed by atoms with Gasteiger partial charge in [-0.05, 0) is 30.3 Å². The molecule has 5 heteroatoms. The average molecular weight is 325 g/mol. The first kappa shape index (κ1) is 14.5. The van der Waals surface area contributed by atoms with Gasteiger partial charge in [-0.3, -0.25) is 0 Å². The molecule has 1 aliphatic heterocycles. The molecule has 3 rings (SSSR count). The Labute approximate surface area is 133 Å². The number of halogens is 2. The molecule has 1 aliphatic rings. The van der Waals surface area contributed by atoms with E-state index < -0.39 is 6.10 Å². The lowest BCUT2D eigenvalue weighted by molar-refractivity contribution is 0.0655. The smallest absolute Gasteiger partial charge is 0.129 e. The molecule has 0 saturated carbocycles. The number of aliphatic hydroxyl groups is 1. The van der Waals surface area contributed by atoms with Crippen molar-refractivity contribution in [2.24, 2.45) is 0 Å². The van der Waals surface area contributed by atoms with Crippen molar-refractivity contribution in [1.29, 1.82) is 0 Å². The first-order valence-corrected chi connectivity index (χ1v) is 7.31. The molecule has 0 spiro atoms.